The summed E-state index contributed by atoms with van der Waals surface area (Å²) in [5.74, 6) is 0.817. The van der Waals surface area contributed by atoms with Crippen molar-refractivity contribution in [3.8, 4) is 0 Å². The number of ether oxygens (including phenoxy) is 2. The number of amidine groups is 1. The third-order valence-electron chi connectivity index (χ3n) is 4.93. The monoisotopic (exact) mass is 399 g/mol. The normalized spacial score (nSPS) is 21.8. The predicted octanol–water partition coefficient (Wildman–Crippen LogP) is 2.31. The molecule has 0 saturated carbocycles. The second-order valence-corrected chi connectivity index (χ2v) is 7.47. The number of hydrogen-bond acceptors (Lipinski definition) is 7. The molecule has 1 aromatic carbocycles. The van der Waals surface area contributed by atoms with Crippen molar-refractivity contribution in [3.05, 3.63) is 52.2 Å². The Kier molecular flexibility index (Phi) is 5.82. The van der Waals surface area contributed by atoms with Gasteiger partial charge in [0.2, 0.25) is 0 Å². The van der Waals surface area contributed by atoms with Gasteiger partial charge in [0, 0.05) is 36.1 Å². The number of benzene rings is 1. The number of thiol groups is 1. The highest BCUT2D eigenvalue weighted by atomic mass is 32.1. The van der Waals surface area contributed by atoms with E-state index >= 15 is 0 Å². The first-order chi connectivity index (χ1) is 13.7. The van der Waals surface area contributed by atoms with Gasteiger partial charge >= 0.3 is 0 Å². The second-order valence-electron chi connectivity index (χ2n) is 6.99. The number of H-pyrrole nitrogens is 1. The molecule has 1 aromatic heterocycles. The molecular formula is C20H25N5O2S. The van der Waals surface area contributed by atoms with E-state index < -0.39 is 0 Å². The van der Waals surface area contributed by atoms with Gasteiger partial charge in [-0.3, -0.25) is 10.00 Å². The van der Waals surface area contributed by atoms with Gasteiger partial charge in [0.25, 0.3) is 0 Å². The first-order valence-electron chi connectivity index (χ1n) is 9.36. The lowest BCUT2D eigenvalue weighted by atomic mass is 10.1. The SMILES string of the molecule is COC/C(C)=C/C1=C(S)C(N2CCOCC2)NC(c2cccc3[nH]ncc23)=N1. The van der Waals surface area contributed by atoms with E-state index in [0.717, 1.165) is 64.8 Å². The van der Waals surface area contributed by atoms with Crippen LogP contribution in [-0.2, 0) is 9.47 Å². The van der Waals surface area contributed by atoms with Gasteiger partial charge in [0.15, 0.2) is 0 Å². The summed E-state index contributed by atoms with van der Waals surface area (Å²) in [6, 6.07) is 6.08. The lowest BCUT2D eigenvalue weighted by Gasteiger charge is -2.38. The Bertz CT molecular complexity index is 943. The number of rotatable bonds is 5. The molecule has 4 rings (SSSR count). The van der Waals surface area contributed by atoms with E-state index in [-0.39, 0.29) is 6.17 Å². The molecule has 28 heavy (non-hydrogen) atoms. The van der Waals surface area contributed by atoms with Crippen molar-refractivity contribution in [3.63, 3.8) is 0 Å². The van der Waals surface area contributed by atoms with Crippen molar-refractivity contribution in [2.24, 2.45) is 4.99 Å². The van der Waals surface area contributed by atoms with Crippen LogP contribution in [0.3, 0.4) is 0 Å². The molecule has 7 nitrogen and oxygen atoms in total. The van der Waals surface area contributed by atoms with Gasteiger partial charge in [-0.2, -0.15) is 5.10 Å². The van der Waals surface area contributed by atoms with E-state index in [1.807, 2.05) is 25.3 Å². The molecule has 0 aliphatic carbocycles. The van der Waals surface area contributed by atoms with Gasteiger partial charge in [0.1, 0.15) is 12.0 Å². The Labute approximate surface area is 169 Å². The van der Waals surface area contributed by atoms with Crippen LogP contribution in [0.4, 0.5) is 0 Å². The third-order valence-corrected chi connectivity index (χ3v) is 5.41. The van der Waals surface area contributed by atoms with Crippen LogP contribution in [0.5, 0.6) is 0 Å². The molecule has 148 valence electrons. The summed E-state index contributed by atoms with van der Waals surface area (Å²) in [5, 5.41) is 11.8. The van der Waals surface area contributed by atoms with Crippen molar-refractivity contribution >= 4 is 29.4 Å². The third kappa shape index (κ3) is 3.86. The first kappa shape index (κ1) is 19.2. The molecule has 2 N–H and O–H groups in total. The van der Waals surface area contributed by atoms with Crippen molar-refractivity contribution in [1.82, 2.24) is 20.4 Å². The number of nitrogens with zero attached hydrogens (tertiary/aromatic N) is 3. The minimum atomic E-state index is -0.0523. The van der Waals surface area contributed by atoms with E-state index in [4.69, 9.17) is 27.1 Å². The van der Waals surface area contributed by atoms with Crippen molar-refractivity contribution in [2.45, 2.75) is 13.1 Å². The van der Waals surface area contributed by atoms with Crippen LogP contribution in [0.15, 0.2) is 51.6 Å². The Balaban J connectivity index is 1.77. The van der Waals surface area contributed by atoms with Gasteiger partial charge in [-0.15, -0.1) is 12.6 Å². The molecule has 1 saturated heterocycles. The fourth-order valence-corrected chi connectivity index (χ4v) is 3.91. The topological polar surface area (TPSA) is 74.8 Å². The Morgan fingerprint density at radius 2 is 2.21 bits per heavy atom. The maximum absolute atomic E-state index is 5.53. The van der Waals surface area contributed by atoms with Gasteiger partial charge in [-0.05, 0) is 24.6 Å². The fraction of sp³-hybridized carbons (Fsp3) is 0.400. The number of hydrogen-bond donors (Lipinski definition) is 3. The minimum Gasteiger partial charge on any atom is -0.380 e. The number of methoxy groups -OCH3 is 1. The molecule has 1 unspecified atom stereocenters. The summed E-state index contributed by atoms with van der Waals surface area (Å²) in [6.45, 7) is 5.73. The lowest BCUT2D eigenvalue weighted by molar-refractivity contribution is 0.0220. The number of nitrogens with one attached hydrogen (secondary N) is 2. The Hall–Kier alpha value is -2.13. The van der Waals surface area contributed by atoms with Gasteiger partial charge < -0.3 is 14.8 Å². The van der Waals surface area contributed by atoms with Crippen LogP contribution in [0.25, 0.3) is 10.9 Å². The number of allylic oxidation sites excluding steroid dienone is 1. The quantitative estimate of drug-likeness (QED) is 0.673. The van der Waals surface area contributed by atoms with Crippen LogP contribution in [0.2, 0.25) is 0 Å². The number of morpholine rings is 1. The first-order valence-corrected chi connectivity index (χ1v) is 9.81. The van der Waals surface area contributed by atoms with Crippen molar-refractivity contribution in [1.29, 1.82) is 0 Å². The molecule has 2 aliphatic heterocycles. The van der Waals surface area contributed by atoms with E-state index in [9.17, 15) is 0 Å². The largest absolute Gasteiger partial charge is 0.380 e. The number of aliphatic imine (C=N–C) groups is 1. The smallest absolute Gasteiger partial charge is 0.136 e. The number of aromatic amines is 1. The standard InChI is InChI=1S/C20H25N5O2S/c1-13(12-26-2)10-17-18(28)20(25-6-8-27-9-7-25)23-19(22-17)14-4-3-5-16-15(14)11-21-24-16/h3-5,10-11,20,28H,6-9,12H2,1-2H3,(H,21,24)(H,22,23)/b13-10+. The summed E-state index contributed by atoms with van der Waals surface area (Å²) < 4.78 is 10.8. The van der Waals surface area contributed by atoms with E-state index in [2.05, 4.69) is 32.6 Å². The number of aromatic nitrogens is 2. The molecule has 3 heterocycles. The van der Waals surface area contributed by atoms with Gasteiger partial charge in [0.05, 0.1) is 37.2 Å². The highest BCUT2D eigenvalue weighted by Gasteiger charge is 2.29. The zero-order valence-electron chi connectivity index (χ0n) is 16.1. The lowest BCUT2D eigenvalue weighted by Crippen LogP contribution is -2.54. The second kappa shape index (κ2) is 8.48. The summed E-state index contributed by atoms with van der Waals surface area (Å²) >= 11 is 4.84. The Morgan fingerprint density at radius 1 is 1.39 bits per heavy atom. The molecule has 1 atom stereocenters. The molecule has 0 bridgehead atoms. The molecule has 0 spiro atoms. The number of fused-ring (bicyclic) bond motifs is 1. The van der Waals surface area contributed by atoms with Crippen LogP contribution in [0.1, 0.15) is 12.5 Å². The zero-order valence-corrected chi connectivity index (χ0v) is 17.0. The molecule has 0 amide bonds. The molecule has 2 aromatic rings. The molecular weight excluding hydrogens is 374 g/mol. The average molecular weight is 400 g/mol. The van der Waals surface area contributed by atoms with Crippen LogP contribution >= 0.6 is 12.6 Å². The summed E-state index contributed by atoms with van der Waals surface area (Å²) in [5.41, 5.74) is 3.94. The van der Waals surface area contributed by atoms with Gasteiger partial charge in [-0.25, -0.2) is 4.99 Å². The molecule has 1 fully saturated rings. The zero-order chi connectivity index (χ0) is 19.5. The summed E-state index contributed by atoms with van der Waals surface area (Å²) in [7, 11) is 1.70. The van der Waals surface area contributed by atoms with E-state index in [1.54, 1.807) is 7.11 Å². The van der Waals surface area contributed by atoms with Crippen LogP contribution < -0.4 is 5.32 Å². The van der Waals surface area contributed by atoms with Crippen LogP contribution in [0, 0.1) is 0 Å². The van der Waals surface area contributed by atoms with Gasteiger partial charge in [-0.1, -0.05) is 12.1 Å². The maximum atomic E-state index is 5.53. The summed E-state index contributed by atoms with van der Waals surface area (Å²) in [4.78, 5) is 8.15. The predicted molar refractivity (Wildman–Crippen MR) is 114 cm³/mol. The van der Waals surface area contributed by atoms with Crippen molar-refractivity contribution < 1.29 is 9.47 Å². The maximum Gasteiger partial charge on any atom is 0.136 e. The van der Waals surface area contributed by atoms with Crippen molar-refractivity contribution in [2.75, 3.05) is 40.0 Å². The fourth-order valence-electron chi connectivity index (χ4n) is 3.57. The molecule has 0 radical (unpaired) electrons. The van der Waals surface area contributed by atoms with Crippen LogP contribution in [-0.4, -0.2) is 67.1 Å². The highest BCUT2D eigenvalue weighted by molar-refractivity contribution is 7.84. The van der Waals surface area contributed by atoms with E-state index in [1.165, 1.54) is 0 Å². The summed E-state index contributed by atoms with van der Waals surface area (Å²) in [6.07, 6.45) is 3.84. The Morgan fingerprint density at radius 3 is 3.00 bits per heavy atom. The molecule has 2 aliphatic rings. The minimum absolute atomic E-state index is 0.0523. The molecule has 8 heteroatoms. The average Bonchev–Trinajstić information content (AvgIpc) is 3.19. The highest BCUT2D eigenvalue weighted by Crippen LogP contribution is 2.27. The van der Waals surface area contributed by atoms with E-state index in [0.29, 0.717) is 6.61 Å².